The molecule has 3 saturated heterocycles. The highest BCUT2D eigenvalue weighted by molar-refractivity contribution is 5.93. The van der Waals surface area contributed by atoms with E-state index in [0.717, 1.165) is 67.6 Å². The second kappa shape index (κ2) is 17.4. The number of aliphatic hydroxyl groups excluding tert-OH is 1. The third-order valence-corrected chi connectivity index (χ3v) is 9.79. The number of piperidine rings is 1. The van der Waals surface area contributed by atoms with Gasteiger partial charge in [-0.05, 0) is 41.7 Å². The minimum Gasteiger partial charge on any atom is -0.397 e. The fourth-order valence-electron chi connectivity index (χ4n) is 6.84. The quantitative estimate of drug-likeness (QED) is 0.130. The number of unbranched alkanes of at least 4 members (excludes halogenated alkanes) is 2. The first-order valence-electron chi connectivity index (χ1n) is 17.9. The molecular weight excluding hydrogens is 636 g/mol. The largest absolute Gasteiger partial charge is 0.397 e. The lowest BCUT2D eigenvalue weighted by atomic mass is 9.98. The molecule has 0 radical (unpaired) electrons. The Labute approximate surface area is 294 Å². The number of hydrogen-bond acceptors (Lipinski definition) is 9. The molecule has 0 bridgehead atoms. The number of nitrogens with two attached hydrogens (primary N) is 1. The van der Waals surface area contributed by atoms with Crippen LogP contribution in [0, 0.1) is 0 Å². The summed E-state index contributed by atoms with van der Waals surface area (Å²) in [5.74, 6) is -0.499. The number of rotatable bonds is 14. The fraction of sp³-hybridized carbons (Fsp3) is 0.487. The van der Waals surface area contributed by atoms with Gasteiger partial charge in [-0.2, -0.15) is 0 Å². The van der Waals surface area contributed by atoms with E-state index in [2.05, 4.69) is 15.5 Å². The number of para-hydroxylation sites is 2. The van der Waals surface area contributed by atoms with Gasteiger partial charge in [0.15, 0.2) is 12.1 Å². The molecule has 11 nitrogen and oxygen atoms in total. The summed E-state index contributed by atoms with van der Waals surface area (Å²) in [4.78, 5) is 27.2. The van der Waals surface area contributed by atoms with Crippen molar-refractivity contribution in [3.63, 3.8) is 0 Å². The lowest BCUT2D eigenvalue weighted by Crippen LogP contribution is -2.48. The minimum absolute atomic E-state index is 0.00303. The van der Waals surface area contributed by atoms with Gasteiger partial charge in [-0.3, -0.25) is 9.59 Å². The third-order valence-electron chi connectivity index (χ3n) is 9.79. The van der Waals surface area contributed by atoms with Crippen molar-refractivity contribution in [2.45, 2.75) is 88.8 Å². The van der Waals surface area contributed by atoms with E-state index in [9.17, 15) is 14.7 Å². The Bertz CT molecular complexity index is 1530. The summed E-state index contributed by atoms with van der Waals surface area (Å²) in [5.41, 5.74) is 10.9. The van der Waals surface area contributed by atoms with Gasteiger partial charge in [0.2, 0.25) is 11.8 Å². The van der Waals surface area contributed by atoms with Crippen LogP contribution in [0.1, 0.15) is 86.0 Å². The molecule has 0 saturated carbocycles. The summed E-state index contributed by atoms with van der Waals surface area (Å²) in [7, 11) is 0. The van der Waals surface area contributed by atoms with E-state index >= 15 is 0 Å². The summed E-state index contributed by atoms with van der Waals surface area (Å²) >= 11 is 0. The van der Waals surface area contributed by atoms with Crippen LogP contribution in [0.2, 0.25) is 0 Å². The summed E-state index contributed by atoms with van der Waals surface area (Å²) < 4.78 is 25.0. The molecule has 5 N–H and O–H groups in total. The van der Waals surface area contributed by atoms with Crippen molar-refractivity contribution in [3.8, 4) is 0 Å². The lowest BCUT2D eigenvalue weighted by Gasteiger charge is -2.41. The molecule has 3 fully saturated rings. The molecule has 6 rings (SSSR count). The van der Waals surface area contributed by atoms with Gasteiger partial charge in [-0.15, -0.1) is 0 Å². The molecular formula is C39H50N4O7. The number of nitrogens with zero attached hydrogens (tertiary/aromatic N) is 1. The van der Waals surface area contributed by atoms with Crippen LogP contribution in [0.3, 0.4) is 0 Å². The molecule has 50 heavy (non-hydrogen) atoms. The molecule has 0 aliphatic carbocycles. The number of likely N-dealkylation sites (tertiary alicyclic amines) is 1. The van der Waals surface area contributed by atoms with E-state index in [-0.39, 0.29) is 30.6 Å². The van der Waals surface area contributed by atoms with Crippen molar-refractivity contribution in [1.29, 1.82) is 0 Å². The minimum atomic E-state index is -0.537. The van der Waals surface area contributed by atoms with Gasteiger partial charge in [0.1, 0.15) is 0 Å². The van der Waals surface area contributed by atoms with E-state index in [1.165, 1.54) is 0 Å². The van der Waals surface area contributed by atoms with Crippen LogP contribution in [-0.2, 0) is 41.7 Å². The smallest absolute Gasteiger partial charge is 0.224 e. The van der Waals surface area contributed by atoms with Crippen LogP contribution in [0.4, 0.5) is 11.4 Å². The zero-order valence-electron chi connectivity index (χ0n) is 28.7. The molecule has 0 aromatic heterocycles. The van der Waals surface area contributed by atoms with Crippen molar-refractivity contribution in [1.82, 2.24) is 10.2 Å². The molecule has 3 aromatic carbocycles. The van der Waals surface area contributed by atoms with Crippen molar-refractivity contribution in [3.05, 3.63) is 95.1 Å². The molecule has 1 spiro atoms. The molecule has 3 heterocycles. The normalized spacial score (nSPS) is 22.0. The maximum atomic E-state index is 12.5. The second-order valence-electron chi connectivity index (χ2n) is 13.5. The molecule has 2 amide bonds. The summed E-state index contributed by atoms with van der Waals surface area (Å²) in [6.07, 6.45) is 4.72. The lowest BCUT2D eigenvalue weighted by molar-refractivity contribution is -0.255. The van der Waals surface area contributed by atoms with Crippen LogP contribution in [0.15, 0.2) is 72.8 Å². The maximum Gasteiger partial charge on any atom is 0.224 e. The zero-order chi connectivity index (χ0) is 34.8. The first-order valence-corrected chi connectivity index (χ1v) is 17.9. The topological polar surface area (TPSA) is 145 Å². The number of nitrogen functional groups attached to an aromatic ring is 1. The molecule has 268 valence electrons. The number of ether oxygens (including phenoxy) is 4. The summed E-state index contributed by atoms with van der Waals surface area (Å²) in [6.45, 7) is 4.35. The van der Waals surface area contributed by atoms with Crippen LogP contribution < -0.4 is 16.4 Å². The number of nitrogens with one attached hydrogen (secondary N) is 2. The number of carbonyl (C=O) groups excluding carboxylic acids is 2. The number of amides is 2. The maximum absolute atomic E-state index is 12.5. The van der Waals surface area contributed by atoms with Gasteiger partial charge in [-0.1, -0.05) is 67.1 Å². The van der Waals surface area contributed by atoms with Crippen molar-refractivity contribution >= 4 is 23.2 Å². The summed E-state index contributed by atoms with van der Waals surface area (Å²) in [5, 5.41) is 15.4. The molecule has 11 heteroatoms. The second-order valence-corrected chi connectivity index (χ2v) is 13.5. The number of carbonyl (C=O) groups is 2. The zero-order valence-corrected chi connectivity index (χ0v) is 28.7. The average Bonchev–Trinajstić information content (AvgIpc) is 3.60. The van der Waals surface area contributed by atoms with Gasteiger partial charge >= 0.3 is 0 Å². The molecule has 3 unspecified atom stereocenters. The van der Waals surface area contributed by atoms with E-state index in [1.807, 2.05) is 60.7 Å². The number of anilines is 2. The Balaban J connectivity index is 0.964. The van der Waals surface area contributed by atoms with E-state index < -0.39 is 12.1 Å². The Morgan fingerprint density at radius 3 is 2.18 bits per heavy atom. The van der Waals surface area contributed by atoms with Crippen LogP contribution >= 0.6 is 0 Å². The highest BCUT2D eigenvalue weighted by Gasteiger charge is 2.41. The first-order chi connectivity index (χ1) is 24.4. The standard InChI is InChI=1S/C39H50N4O7/c40-33-6-4-5-7-34(33)42-37(46)9-3-1-2-8-36(45)41-25-28-10-16-31(17-11-28)38-49-32(24-35(50-38)30-14-12-29(27-44)13-15-30)26-43-20-18-39(19-21-43)47-22-23-48-39/h4-7,10-17,32,35,38,44H,1-3,8-9,18-27,40H2,(H,41,45)(H,42,46). The van der Waals surface area contributed by atoms with E-state index in [1.54, 1.807) is 12.1 Å². The van der Waals surface area contributed by atoms with E-state index in [0.29, 0.717) is 56.8 Å². The first kappa shape index (κ1) is 36.0. The Kier molecular flexibility index (Phi) is 12.5. The molecule has 3 aromatic rings. The molecule has 3 aliphatic rings. The predicted octanol–water partition coefficient (Wildman–Crippen LogP) is 5.35. The van der Waals surface area contributed by atoms with Crippen LogP contribution in [0.5, 0.6) is 0 Å². The van der Waals surface area contributed by atoms with Crippen molar-refractivity contribution in [2.24, 2.45) is 0 Å². The van der Waals surface area contributed by atoms with Crippen molar-refractivity contribution in [2.75, 3.05) is 43.9 Å². The van der Waals surface area contributed by atoms with Crippen LogP contribution in [-0.4, -0.2) is 66.6 Å². The number of aliphatic hydroxyl groups is 1. The van der Waals surface area contributed by atoms with E-state index in [4.69, 9.17) is 24.7 Å². The van der Waals surface area contributed by atoms with Gasteiger partial charge in [0.25, 0.3) is 0 Å². The number of hydrogen-bond donors (Lipinski definition) is 4. The highest BCUT2D eigenvalue weighted by Crippen LogP contribution is 2.39. The molecule has 3 aliphatic heterocycles. The van der Waals surface area contributed by atoms with Crippen molar-refractivity contribution < 1.29 is 33.6 Å². The van der Waals surface area contributed by atoms with Gasteiger partial charge < -0.3 is 45.3 Å². The number of benzene rings is 3. The molecule has 3 atom stereocenters. The monoisotopic (exact) mass is 686 g/mol. The predicted molar refractivity (Wildman–Crippen MR) is 190 cm³/mol. The SMILES string of the molecule is Nc1ccccc1NC(=O)CCCCCC(=O)NCc1ccc(C2OC(CN3CCC4(CC3)OCCO4)CC(c3ccc(CO)cc3)O2)cc1. The summed E-state index contributed by atoms with van der Waals surface area (Å²) in [6, 6.07) is 23.1. The van der Waals surface area contributed by atoms with Gasteiger partial charge in [-0.25, -0.2) is 0 Å². The third kappa shape index (κ3) is 9.90. The Morgan fingerprint density at radius 1 is 0.820 bits per heavy atom. The highest BCUT2D eigenvalue weighted by atomic mass is 16.7. The van der Waals surface area contributed by atoms with Gasteiger partial charge in [0, 0.05) is 63.8 Å². The van der Waals surface area contributed by atoms with Gasteiger partial charge in [0.05, 0.1) is 43.4 Å². The van der Waals surface area contributed by atoms with Crippen LogP contribution in [0.25, 0.3) is 0 Å². The fourth-order valence-corrected chi connectivity index (χ4v) is 6.84. The Hall–Kier alpha value is -3.84. The Morgan fingerprint density at radius 2 is 1.48 bits per heavy atom. The average molecular weight is 687 g/mol.